The van der Waals surface area contributed by atoms with E-state index in [2.05, 4.69) is 12.2 Å². The van der Waals surface area contributed by atoms with Gasteiger partial charge in [0.15, 0.2) is 0 Å². The Morgan fingerprint density at radius 3 is 2.19 bits per heavy atom. The lowest BCUT2D eigenvalue weighted by molar-refractivity contribution is -0.141. The van der Waals surface area contributed by atoms with Crippen LogP contribution in [-0.4, -0.2) is 62.2 Å². The predicted molar refractivity (Wildman–Crippen MR) is 168 cm³/mol. The van der Waals surface area contributed by atoms with Gasteiger partial charge < -0.3 is 15.0 Å². The van der Waals surface area contributed by atoms with E-state index in [1.54, 1.807) is 36.3 Å². The van der Waals surface area contributed by atoms with Gasteiger partial charge in [-0.1, -0.05) is 67.9 Å². The first-order valence-corrected chi connectivity index (χ1v) is 16.6. The summed E-state index contributed by atoms with van der Waals surface area (Å²) in [4.78, 5) is 29.5. The monoisotopic (exact) mass is 605 g/mol. The molecule has 2 amide bonds. The lowest BCUT2D eigenvalue weighted by Crippen LogP contribution is -2.50. The van der Waals surface area contributed by atoms with Gasteiger partial charge in [-0.3, -0.25) is 9.59 Å². The summed E-state index contributed by atoms with van der Waals surface area (Å²) in [6.45, 7) is 4.01. The maximum atomic E-state index is 13.9. The molecule has 0 saturated carbocycles. The Bertz CT molecular complexity index is 1420. The molecule has 43 heavy (non-hydrogen) atoms. The molecule has 1 heterocycles. The van der Waals surface area contributed by atoms with Gasteiger partial charge in [-0.05, 0) is 66.6 Å². The standard InChI is InChI=1S/C34H43N3O5S/c1-3-4-22-35-34(39)32(25-28-10-6-5-7-11-28)37(26-29-12-17-30(42-2)18-13-29)33(38)21-16-27-14-19-31(20-15-27)43(40,41)36-23-8-9-24-36/h5-7,10-15,17-20,32H,3-4,8-9,16,21-26H2,1-2H3,(H,35,39). The minimum atomic E-state index is -3.50. The molecule has 0 aliphatic carbocycles. The van der Waals surface area contributed by atoms with Gasteiger partial charge in [-0.25, -0.2) is 8.42 Å². The second kappa shape index (κ2) is 15.7. The minimum Gasteiger partial charge on any atom is -0.497 e. The van der Waals surface area contributed by atoms with Crippen molar-refractivity contribution in [1.29, 1.82) is 0 Å². The summed E-state index contributed by atoms with van der Waals surface area (Å²) in [5.41, 5.74) is 2.73. The number of aryl methyl sites for hydroxylation is 1. The van der Waals surface area contributed by atoms with Crippen molar-refractivity contribution in [3.63, 3.8) is 0 Å². The highest BCUT2D eigenvalue weighted by molar-refractivity contribution is 7.89. The number of nitrogens with one attached hydrogen (secondary N) is 1. The van der Waals surface area contributed by atoms with Crippen LogP contribution in [0.15, 0.2) is 83.8 Å². The van der Waals surface area contributed by atoms with Gasteiger partial charge in [0.25, 0.3) is 0 Å². The number of methoxy groups -OCH3 is 1. The minimum absolute atomic E-state index is 0.142. The number of benzene rings is 3. The van der Waals surface area contributed by atoms with E-state index in [-0.39, 0.29) is 29.7 Å². The summed E-state index contributed by atoms with van der Waals surface area (Å²) >= 11 is 0. The summed E-state index contributed by atoms with van der Waals surface area (Å²) in [6.07, 6.45) is 4.59. The largest absolute Gasteiger partial charge is 0.497 e. The van der Waals surface area contributed by atoms with Gasteiger partial charge in [0.2, 0.25) is 21.8 Å². The molecule has 0 aromatic heterocycles. The van der Waals surface area contributed by atoms with Crippen LogP contribution in [0, 0.1) is 0 Å². The Hall–Kier alpha value is -3.69. The van der Waals surface area contributed by atoms with Gasteiger partial charge in [-0.2, -0.15) is 4.31 Å². The summed E-state index contributed by atoms with van der Waals surface area (Å²) in [5, 5.41) is 3.05. The number of amides is 2. The molecule has 1 atom stereocenters. The number of hydrogen-bond acceptors (Lipinski definition) is 5. The van der Waals surface area contributed by atoms with E-state index in [9.17, 15) is 18.0 Å². The molecule has 4 rings (SSSR count). The lowest BCUT2D eigenvalue weighted by atomic mass is 10.0. The van der Waals surface area contributed by atoms with Crippen LogP contribution in [0.4, 0.5) is 0 Å². The van der Waals surface area contributed by atoms with Crippen molar-refractivity contribution in [1.82, 2.24) is 14.5 Å². The quantitative estimate of drug-likeness (QED) is 0.247. The summed E-state index contributed by atoms with van der Waals surface area (Å²) in [6, 6.07) is 23.4. The Morgan fingerprint density at radius 2 is 1.56 bits per heavy atom. The number of carbonyl (C=O) groups is 2. The van der Waals surface area contributed by atoms with Crippen LogP contribution in [-0.2, 0) is 39.0 Å². The number of sulfonamides is 1. The normalized spacial score (nSPS) is 14.3. The van der Waals surface area contributed by atoms with Gasteiger partial charge in [0.05, 0.1) is 12.0 Å². The van der Waals surface area contributed by atoms with E-state index in [0.29, 0.717) is 32.5 Å². The van der Waals surface area contributed by atoms with Crippen molar-refractivity contribution in [2.75, 3.05) is 26.7 Å². The van der Waals surface area contributed by atoms with Gasteiger partial charge >= 0.3 is 0 Å². The molecule has 0 spiro atoms. The number of hydrogen-bond donors (Lipinski definition) is 1. The first-order valence-electron chi connectivity index (χ1n) is 15.1. The number of carbonyl (C=O) groups excluding carboxylic acids is 2. The highest BCUT2D eigenvalue weighted by atomic mass is 32.2. The molecule has 1 N–H and O–H groups in total. The SMILES string of the molecule is CCCCNC(=O)C(Cc1ccccc1)N(Cc1ccc(OC)cc1)C(=O)CCc1ccc(S(=O)(=O)N2CCCC2)cc1. The molecule has 9 heteroatoms. The Balaban J connectivity index is 1.54. The van der Waals surface area contributed by atoms with E-state index in [1.807, 2.05) is 54.6 Å². The van der Waals surface area contributed by atoms with Gasteiger partial charge in [-0.15, -0.1) is 0 Å². The van der Waals surface area contributed by atoms with E-state index >= 15 is 0 Å². The van der Waals surface area contributed by atoms with Crippen molar-refractivity contribution >= 4 is 21.8 Å². The van der Waals surface area contributed by atoms with E-state index in [1.165, 1.54) is 4.31 Å². The molecular weight excluding hydrogens is 562 g/mol. The number of nitrogens with zero attached hydrogens (tertiary/aromatic N) is 2. The molecular formula is C34H43N3O5S. The second-order valence-corrected chi connectivity index (χ2v) is 12.9. The van der Waals surface area contributed by atoms with E-state index < -0.39 is 16.1 Å². The zero-order chi connectivity index (χ0) is 30.7. The Morgan fingerprint density at radius 1 is 0.907 bits per heavy atom. The number of unbranched alkanes of at least 4 members (excludes halogenated alkanes) is 1. The van der Waals surface area contributed by atoms with Gasteiger partial charge in [0.1, 0.15) is 11.8 Å². The van der Waals surface area contributed by atoms with Crippen molar-refractivity contribution in [3.05, 3.63) is 95.6 Å². The maximum absolute atomic E-state index is 13.9. The molecule has 230 valence electrons. The number of ether oxygens (including phenoxy) is 1. The second-order valence-electron chi connectivity index (χ2n) is 11.0. The molecule has 3 aromatic rings. The molecule has 1 unspecified atom stereocenters. The maximum Gasteiger partial charge on any atom is 0.243 e. The van der Waals surface area contributed by atoms with Crippen molar-refractivity contribution in [2.24, 2.45) is 0 Å². The third-order valence-electron chi connectivity index (χ3n) is 7.87. The number of rotatable bonds is 15. The highest BCUT2D eigenvalue weighted by Crippen LogP contribution is 2.22. The predicted octanol–water partition coefficient (Wildman–Crippen LogP) is 4.97. The van der Waals surface area contributed by atoms with Crippen LogP contribution >= 0.6 is 0 Å². The zero-order valence-electron chi connectivity index (χ0n) is 25.2. The van der Waals surface area contributed by atoms with Crippen LogP contribution in [0.3, 0.4) is 0 Å². The molecule has 8 nitrogen and oxygen atoms in total. The van der Waals surface area contributed by atoms with Gasteiger partial charge in [0, 0.05) is 39.0 Å². The van der Waals surface area contributed by atoms with E-state index in [4.69, 9.17) is 4.74 Å². The van der Waals surface area contributed by atoms with Crippen LogP contribution in [0.1, 0.15) is 55.7 Å². The molecule has 1 fully saturated rings. The van der Waals surface area contributed by atoms with Crippen LogP contribution in [0.5, 0.6) is 5.75 Å². The zero-order valence-corrected chi connectivity index (χ0v) is 26.0. The van der Waals surface area contributed by atoms with Crippen LogP contribution in [0.2, 0.25) is 0 Å². The average molecular weight is 606 g/mol. The van der Waals surface area contributed by atoms with Crippen molar-refractivity contribution < 1.29 is 22.7 Å². The molecule has 0 radical (unpaired) electrons. The fourth-order valence-electron chi connectivity index (χ4n) is 5.29. The van der Waals surface area contributed by atoms with Crippen LogP contribution < -0.4 is 10.1 Å². The summed E-state index contributed by atoms with van der Waals surface area (Å²) < 4.78 is 32.7. The Labute approximate surface area is 256 Å². The average Bonchev–Trinajstić information content (AvgIpc) is 3.59. The molecule has 1 aliphatic heterocycles. The van der Waals surface area contributed by atoms with E-state index in [0.717, 1.165) is 48.1 Å². The Kier molecular flexibility index (Phi) is 11.8. The summed E-state index contributed by atoms with van der Waals surface area (Å²) in [5.74, 6) is 0.404. The topological polar surface area (TPSA) is 96.0 Å². The smallest absolute Gasteiger partial charge is 0.243 e. The molecule has 3 aromatic carbocycles. The van der Waals surface area contributed by atoms with Crippen LogP contribution in [0.25, 0.3) is 0 Å². The first kappa shape index (κ1) is 32.2. The molecule has 1 aliphatic rings. The third kappa shape index (κ3) is 8.91. The lowest BCUT2D eigenvalue weighted by Gasteiger charge is -2.32. The third-order valence-corrected chi connectivity index (χ3v) is 9.78. The fourth-order valence-corrected chi connectivity index (χ4v) is 6.81. The first-order chi connectivity index (χ1) is 20.8. The highest BCUT2D eigenvalue weighted by Gasteiger charge is 2.30. The molecule has 1 saturated heterocycles. The fraction of sp³-hybridized carbons (Fsp3) is 0.412. The van der Waals surface area contributed by atoms with Crippen molar-refractivity contribution in [2.45, 2.75) is 69.4 Å². The molecule has 0 bridgehead atoms. The summed E-state index contributed by atoms with van der Waals surface area (Å²) in [7, 11) is -1.89. The van der Waals surface area contributed by atoms with Crippen molar-refractivity contribution in [3.8, 4) is 5.75 Å².